The second-order valence-electron chi connectivity index (χ2n) is 7.72. The van der Waals surface area contributed by atoms with Crippen LogP contribution in [0.3, 0.4) is 0 Å². The van der Waals surface area contributed by atoms with Crippen LogP contribution in [0.15, 0.2) is 33.9 Å². The van der Waals surface area contributed by atoms with Crippen LogP contribution in [0.25, 0.3) is 0 Å². The van der Waals surface area contributed by atoms with E-state index in [2.05, 4.69) is 4.98 Å². The molecule has 8 nitrogen and oxygen atoms in total. The predicted molar refractivity (Wildman–Crippen MR) is 117 cm³/mol. The quantitative estimate of drug-likeness (QED) is 0.690. The molecule has 2 aromatic rings. The highest BCUT2D eigenvalue weighted by Gasteiger charge is 2.32. The number of unbranched alkanes of at least 4 members (excludes halogenated alkanes) is 1. The van der Waals surface area contributed by atoms with Gasteiger partial charge in [0.05, 0.1) is 13.7 Å². The fourth-order valence-electron chi connectivity index (χ4n) is 4.04. The van der Waals surface area contributed by atoms with Gasteiger partial charge in [0, 0.05) is 18.0 Å². The minimum Gasteiger partial charge on any atom is -0.496 e. The number of ether oxygens (including phenoxy) is 1. The summed E-state index contributed by atoms with van der Waals surface area (Å²) in [6, 6.07) is 7.36. The number of nitrogens with zero attached hydrogens (tertiary/aromatic N) is 2. The molecule has 3 rings (SSSR count). The molecular weight excluding hydrogens is 384 g/mol. The van der Waals surface area contributed by atoms with Gasteiger partial charge in [-0.25, -0.2) is 4.79 Å². The summed E-state index contributed by atoms with van der Waals surface area (Å²) in [5.41, 5.74) is 5.90. The summed E-state index contributed by atoms with van der Waals surface area (Å²) in [4.78, 5) is 42.4. The summed E-state index contributed by atoms with van der Waals surface area (Å²) in [6.45, 7) is 2.52. The highest BCUT2D eigenvalue weighted by Crippen LogP contribution is 2.31. The number of aromatic amines is 1. The van der Waals surface area contributed by atoms with Crippen LogP contribution >= 0.6 is 0 Å². The monoisotopic (exact) mass is 414 g/mol. The zero-order chi connectivity index (χ0) is 21.7. The number of aromatic nitrogens is 2. The Hall–Kier alpha value is -3.03. The molecule has 0 bridgehead atoms. The molecule has 0 spiro atoms. The van der Waals surface area contributed by atoms with Crippen molar-refractivity contribution >= 4 is 17.4 Å². The number of hydrogen-bond donors (Lipinski definition) is 2. The van der Waals surface area contributed by atoms with Gasteiger partial charge in [0.15, 0.2) is 5.69 Å². The van der Waals surface area contributed by atoms with E-state index in [9.17, 15) is 14.4 Å². The average Bonchev–Trinajstić information content (AvgIpc) is 3.27. The number of nitrogens with one attached hydrogen (secondary N) is 1. The Kier molecular flexibility index (Phi) is 6.97. The van der Waals surface area contributed by atoms with E-state index in [1.807, 2.05) is 31.2 Å². The SMILES string of the molecule is CCCCn1c(N)c(N(Cc2ccccc2OC)C(=O)C2CCCC2)c(=O)[nH]c1=O. The van der Waals surface area contributed by atoms with Crippen molar-refractivity contribution in [2.75, 3.05) is 17.7 Å². The molecule has 0 aliphatic heterocycles. The van der Waals surface area contributed by atoms with Gasteiger partial charge in [0.25, 0.3) is 5.56 Å². The Bertz CT molecular complexity index is 1000. The number of carbonyl (C=O) groups is 1. The van der Waals surface area contributed by atoms with E-state index >= 15 is 0 Å². The fourth-order valence-corrected chi connectivity index (χ4v) is 4.04. The van der Waals surface area contributed by atoms with E-state index in [-0.39, 0.29) is 29.9 Å². The van der Waals surface area contributed by atoms with Crippen LogP contribution in [-0.2, 0) is 17.9 Å². The lowest BCUT2D eigenvalue weighted by Crippen LogP contribution is -2.42. The first-order chi connectivity index (χ1) is 14.5. The van der Waals surface area contributed by atoms with Crippen LogP contribution in [0.2, 0.25) is 0 Å². The van der Waals surface area contributed by atoms with Crippen LogP contribution in [0.1, 0.15) is 51.0 Å². The van der Waals surface area contributed by atoms with Crippen molar-refractivity contribution in [3.05, 3.63) is 50.7 Å². The third-order valence-corrected chi connectivity index (χ3v) is 5.71. The van der Waals surface area contributed by atoms with E-state index in [1.54, 1.807) is 7.11 Å². The van der Waals surface area contributed by atoms with E-state index in [1.165, 1.54) is 9.47 Å². The Morgan fingerprint density at radius 1 is 1.27 bits per heavy atom. The second kappa shape index (κ2) is 9.65. The van der Waals surface area contributed by atoms with Gasteiger partial charge in [0.2, 0.25) is 5.91 Å². The first-order valence-corrected chi connectivity index (χ1v) is 10.5. The van der Waals surface area contributed by atoms with Crippen molar-refractivity contribution in [1.29, 1.82) is 0 Å². The molecule has 1 aliphatic rings. The molecule has 0 atom stereocenters. The Balaban J connectivity index is 2.11. The number of para-hydroxylation sites is 1. The summed E-state index contributed by atoms with van der Waals surface area (Å²) < 4.78 is 6.78. The zero-order valence-corrected chi connectivity index (χ0v) is 17.6. The molecule has 1 fully saturated rings. The van der Waals surface area contributed by atoms with Gasteiger partial charge in [0.1, 0.15) is 11.6 Å². The van der Waals surface area contributed by atoms with Gasteiger partial charge in [-0.05, 0) is 25.3 Å². The van der Waals surface area contributed by atoms with Crippen molar-refractivity contribution < 1.29 is 9.53 Å². The first kappa shape index (κ1) is 21.7. The summed E-state index contributed by atoms with van der Waals surface area (Å²) in [6.07, 6.45) is 5.15. The lowest BCUT2D eigenvalue weighted by Gasteiger charge is -2.27. The topological polar surface area (TPSA) is 110 Å². The number of nitrogens with two attached hydrogens (primary N) is 1. The van der Waals surface area contributed by atoms with Crippen molar-refractivity contribution in [2.45, 2.75) is 58.5 Å². The van der Waals surface area contributed by atoms with Crippen molar-refractivity contribution in [2.24, 2.45) is 5.92 Å². The molecule has 3 N–H and O–H groups in total. The number of methoxy groups -OCH3 is 1. The Morgan fingerprint density at radius 3 is 2.63 bits per heavy atom. The van der Waals surface area contributed by atoms with Crippen molar-refractivity contribution in [3.8, 4) is 5.75 Å². The van der Waals surface area contributed by atoms with E-state index in [0.717, 1.165) is 44.1 Å². The molecule has 0 saturated heterocycles. The number of benzene rings is 1. The Labute approximate surface area is 175 Å². The molecule has 1 heterocycles. The van der Waals surface area contributed by atoms with Crippen LogP contribution in [0.4, 0.5) is 11.5 Å². The minimum atomic E-state index is -0.647. The molecule has 1 saturated carbocycles. The molecule has 1 amide bonds. The van der Waals surface area contributed by atoms with Crippen LogP contribution in [0, 0.1) is 5.92 Å². The number of amides is 1. The molecule has 162 valence electrons. The molecule has 0 unspecified atom stereocenters. The number of nitrogen functional groups attached to an aromatic ring is 1. The number of anilines is 2. The lowest BCUT2D eigenvalue weighted by molar-refractivity contribution is -0.122. The van der Waals surface area contributed by atoms with Gasteiger partial charge in [-0.2, -0.15) is 0 Å². The van der Waals surface area contributed by atoms with Crippen LogP contribution in [0.5, 0.6) is 5.75 Å². The third kappa shape index (κ3) is 4.42. The normalized spacial score (nSPS) is 14.1. The van der Waals surface area contributed by atoms with Crippen LogP contribution in [-0.4, -0.2) is 22.6 Å². The van der Waals surface area contributed by atoms with E-state index in [0.29, 0.717) is 12.3 Å². The number of H-pyrrole nitrogens is 1. The average molecular weight is 415 g/mol. The van der Waals surface area contributed by atoms with Gasteiger partial charge < -0.3 is 10.5 Å². The maximum absolute atomic E-state index is 13.5. The maximum atomic E-state index is 13.5. The maximum Gasteiger partial charge on any atom is 0.330 e. The first-order valence-electron chi connectivity index (χ1n) is 10.5. The third-order valence-electron chi connectivity index (χ3n) is 5.71. The number of rotatable bonds is 8. The lowest BCUT2D eigenvalue weighted by atomic mass is 10.1. The van der Waals surface area contributed by atoms with E-state index in [4.69, 9.17) is 10.5 Å². The summed E-state index contributed by atoms with van der Waals surface area (Å²) in [5, 5.41) is 0. The molecule has 0 radical (unpaired) electrons. The molecular formula is C22H30N4O4. The standard InChI is InChI=1S/C22H30N4O4/c1-3-4-13-25-19(23)18(20(27)24-22(25)29)26(21(28)15-9-5-6-10-15)14-16-11-7-8-12-17(16)30-2/h7-8,11-12,15H,3-6,9-10,13-14,23H2,1-2H3,(H,24,27,29). The summed E-state index contributed by atoms with van der Waals surface area (Å²) in [7, 11) is 1.56. The summed E-state index contributed by atoms with van der Waals surface area (Å²) in [5.74, 6) is 0.347. The minimum absolute atomic E-state index is 0.0263. The van der Waals surface area contributed by atoms with Gasteiger partial charge in [-0.3, -0.25) is 24.0 Å². The Morgan fingerprint density at radius 2 is 1.97 bits per heavy atom. The molecule has 1 aliphatic carbocycles. The number of carbonyl (C=O) groups excluding carboxylic acids is 1. The highest BCUT2D eigenvalue weighted by atomic mass is 16.5. The fraction of sp³-hybridized carbons (Fsp3) is 0.500. The zero-order valence-electron chi connectivity index (χ0n) is 17.6. The molecule has 8 heteroatoms. The van der Waals surface area contributed by atoms with E-state index < -0.39 is 11.2 Å². The van der Waals surface area contributed by atoms with Gasteiger partial charge in [-0.15, -0.1) is 0 Å². The van der Waals surface area contributed by atoms with Crippen molar-refractivity contribution in [1.82, 2.24) is 9.55 Å². The van der Waals surface area contributed by atoms with Gasteiger partial charge in [-0.1, -0.05) is 44.4 Å². The predicted octanol–water partition coefficient (Wildman–Crippen LogP) is 2.65. The second-order valence-corrected chi connectivity index (χ2v) is 7.72. The van der Waals surface area contributed by atoms with Gasteiger partial charge >= 0.3 is 5.69 Å². The summed E-state index contributed by atoms with van der Waals surface area (Å²) >= 11 is 0. The number of hydrogen-bond acceptors (Lipinski definition) is 5. The highest BCUT2D eigenvalue weighted by molar-refractivity contribution is 5.97. The smallest absolute Gasteiger partial charge is 0.330 e. The molecule has 30 heavy (non-hydrogen) atoms. The molecule has 1 aromatic heterocycles. The van der Waals surface area contributed by atoms with Crippen LogP contribution < -0.4 is 26.6 Å². The molecule has 1 aromatic carbocycles. The van der Waals surface area contributed by atoms with Crippen molar-refractivity contribution in [3.63, 3.8) is 0 Å². The largest absolute Gasteiger partial charge is 0.496 e.